The zero-order chi connectivity index (χ0) is 29.4. The molecule has 11 nitrogen and oxygen atoms in total. The minimum Gasteiger partial charge on any atom is -0.490 e. The van der Waals surface area contributed by atoms with Crippen LogP contribution in [0.25, 0.3) is 0 Å². The molecule has 1 heterocycles. The molecule has 1 aliphatic heterocycles. The third-order valence-electron chi connectivity index (χ3n) is 5.48. The van der Waals surface area contributed by atoms with Crippen molar-refractivity contribution in [1.82, 2.24) is 16.1 Å². The van der Waals surface area contributed by atoms with Gasteiger partial charge in [-0.1, -0.05) is 6.07 Å². The quantitative estimate of drug-likeness (QED) is 0.0828. The minimum absolute atomic E-state index is 0.0709. The van der Waals surface area contributed by atoms with Crippen molar-refractivity contribution in [1.29, 1.82) is 0 Å². The fourth-order valence-electron chi connectivity index (χ4n) is 3.82. The van der Waals surface area contributed by atoms with Crippen LogP contribution in [-0.2, 0) is 9.53 Å². The van der Waals surface area contributed by atoms with E-state index in [0.29, 0.717) is 29.4 Å². The summed E-state index contributed by atoms with van der Waals surface area (Å²) < 4.78 is 24.2. The van der Waals surface area contributed by atoms with Gasteiger partial charge in [0.1, 0.15) is 12.4 Å². The van der Waals surface area contributed by atoms with Crippen LogP contribution in [-0.4, -0.2) is 56.0 Å². The summed E-state index contributed by atoms with van der Waals surface area (Å²) >= 11 is 4.44. The summed E-state index contributed by atoms with van der Waals surface area (Å²) in [5, 5.41) is 19.8. The van der Waals surface area contributed by atoms with Gasteiger partial charge in [0.05, 0.1) is 44.8 Å². The molecule has 0 aliphatic carbocycles. The van der Waals surface area contributed by atoms with Crippen LogP contribution in [0.5, 0.6) is 17.2 Å². The van der Waals surface area contributed by atoms with Gasteiger partial charge < -0.3 is 34.7 Å². The van der Waals surface area contributed by atoms with Gasteiger partial charge in [-0.15, -0.1) is 0 Å². The maximum absolute atomic E-state index is 12.4. The number of rotatable bonds is 12. The first-order chi connectivity index (χ1) is 19.0. The molecule has 1 aliphatic rings. The first-order valence-electron chi connectivity index (χ1n) is 12.4. The second-order valence-corrected chi connectivity index (χ2v) is 11.2. The van der Waals surface area contributed by atoms with E-state index in [1.807, 2.05) is 32.9 Å². The highest BCUT2D eigenvalue weighted by molar-refractivity contribution is 14.1. The van der Waals surface area contributed by atoms with Gasteiger partial charge in [-0.25, -0.2) is 9.59 Å². The molecule has 2 atom stereocenters. The van der Waals surface area contributed by atoms with Gasteiger partial charge in [-0.05, 0) is 108 Å². The molecule has 0 unspecified atom stereocenters. The average molecular weight is 778 g/mol. The number of halogens is 2. The number of allylic oxidation sites excluding steroid dienone is 1. The maximum atomic E-state index is 12.4. The molecule has 0 radical (unpaired) electrons. The Morgan fingerprint density at radius 3 is 2.50 bits per heavy atom. The van der Waals surface area contributed by atoms with Gasteiger partial charge in [0, 0.05) is 5.70 Å². The lowest BCUT2D eigenvalue weighted by molar-refractivity contribution is -0.136. The van der Waals surface area contributed by atoms with Gasteiger partial charge in [-0.3, -0.25) is 5.43 Å². The molecular formula is C27H32I2N4O7. The second-order valence-electron chi connectivity index (χ2n) is 8.90. The Bertz CT molecular complexity index is 1280. The summed E-state index contributed by atoms with van der Waals surface area (Å²) in [6.45, 7) is 7.64. The fourth-order valence-corrected chi connectivity index (χ4v) is 5.89. The summed E-state index contributed by atoms with van der Waals surface area (Å²) in [7, 11) is 1.28. The molecule has 3 rings (SSSR count). The number of hydrazone groups is 1. The number of nitrogens with zero attached hydrogens (tertiary/aromatic N) is 1. The molecule has 2 aromatic carbocycles. The van der Waals surface area contributed by atoms with Crippen LogP contribution in [0.4, 0.5) is 4.79 Å². The highest BCUT2D eigenvalue weighted by Crippen LogP contribution is 2.35. The van der Waals surface area contributed by atoms with Crippen LogP contribution in [0, 0.1) is 7.14 Å². The van der Waals surface area contributed by atoms with Gasteiger partial charge in [0.2, 0.25) is 0 Å². The molecule has 0 fully saturated rings. The number of esters is 1. The Labute approximate surface area is 260 Å². The van der Waals surface area contributed by atoms with E-state index in [1.54, 1.807) is 31.3 Å². The zero-order valence-corrected chi connectivity index (χ0v) is 27.0. The van der Waals surface area contributed by atoms with Crippen LogP contribution >= 0.6 is 45.2 Å². The van der Waals surface area contributed by atoms with Crippen molar-refractivity contribution in [3.63, 3.8) is 0 Å². The van der Waals surface area contributed by atoms with E-state index in [0.717, 1.165) is 18.5 Å². The van der Waals surface area contributed by atoms with Crippen LogP contribution in [0.2, 0.25) is 0 Å². The monoisotopic (exact) mass is 778 g/mol. The normalized spacial score (nSPS) is 15.9. The number of methoxy groups -OCH3 is 1. The number of nitrogens with one attached hydrogen (secondary N) is 3. The number of aliphatic hydroxyl groups excluding tert-OH is 1. The Hall–Kier alpha value is -2.79. The van der Waals surface area contributed by atoms with E-state index < -0.39 is 24.3 Å². The zero-order valence-electron chi connectivity index (χ0n) is 22.7. The number of carbonyl (C=O) groups is 2. The molecule has 0 spiro atoms. The predicted molar refractivity (Wildman–Crippen MR) is 167 cm³/mol. The average Bonchev–Trinajstić information content (AvgIpc) is 2.89. The van der Waals surface area contributed by atoms with Crippen LogP contribution in [0.3, 0.4) is 0 Å². The SMILES string of the molecule is CCOc1cc([C@@H]2NC(=O)NC(C)=C2C(=O)OC)ccc1OC[C@@H](O)N/N=C/c1cc(I)c(OC(C)C)c(I)c1. The largest absolute Gasteiger partial charge is 0.490 e. The van der Waals surface area contributed by atoms with Crippen molar-refractivity contribution in [2.45, 2.75) is 46.1 Å². The maximum Gasteiger partial charge on any atom is 0.337 e. The standard InChI is InChI=1S/C27H32I2N4O7/c1-6-38-21-11-17(24-23(26(35)37-5)15(4)31-27(36)32-24)7-8-20(21)39-13-22(34)33-30-12-16-9-18(28)25(19(29)10-16)40-14(2)3/h7-12,14,22,24,33-34H,6,13H2,1-5H3,(H2,31,32,36)/b30-12+/t22-,24+/m1/s1. The molecule has 0 aromatic heterocycles. The molecule has 0 bridgehead atoms. The number of amides is 2. The minimum atomic E-state index is -1.10. The van der Waals surface area contributed by atoms with Crippen molar-refractivity contribution >= 4 is 63.4 Å². The van der Waals surface area contributed by atoms with E-state index in [4.69, 9.17) is 18.9 Å². The summed E-state index contributed by atoms with van der Waals surface area (Å²) in [5.41, 5.74) is 4.78. The Balaban J connectivity index is 1.68. The Kier molecular flexibility index (Phi) is 11.7. The van der Waals surface area contributed by atoms with Crippen molar-refractivity contribution in [2.75, 3.05) is 20.3 Å². The number of benzene rings is 2. The van der Waals surface area contributed by atoms with Gasteiger partial charge >= 0.3 is 12.0 Å². The van der Waals surface area contributed by atoms with E-state index in [1.165, 1.54) is 7.11 Å². The van der Waals surface area contributed by atoms with Crippen molar-refractivity contribution in [3.8, 4) is 17.2 Å². The third kappa shape index (κ3) is 8.36. The number of hydrogen-bond acceptors (Lipinski definition) is 9. The molecule has 2 aromatic rings. The number of aliphatic hydroxyl groups is 1. The molecule has 40 heavy (non-hydrogen) atoms. The highest BCUT2D eigenvalue weighted by Gasteiger charge is 2.32. The summed E-state index contributed by atoms with van der Waals surface area (Å²) in [6, 6.07) is 7.74. The van der Waals surface area contributed by atoms with Crippen LogP contribution in [0.1, 0.15) is 44.9 Å². The predicted octanol–water partition coefficient (Wildman–Crippen LogP) is 4.20. The van der Waals surface area contributed by atoms with Gasteiger partial charge in [0.15, 0.2) is 17.7 Å². The lowest BCUT2D eigenvalue weighted by Gasteiger charge is -2.28. The molecule has 0 saturated carbocycles. The molecule has 4 N–H and O–H groups in total. The van der Waals surface area contributed by atoms with Crippen molar-refractivity contribution in [2.24, 2.45) is 5.10 Å². The third-order valence-corrected chi connectivity index (χ3v) is 7.09. The van der Waals surface area contributed by atoms with Crippen molar-refractivity contribution < 1.29 is 33.6 Å². The highest BCUT2D eigenvalue weighted by atomic mass is 127. The van der Waals surface area contributed by atoms with E-state index >= 15 is 0 Å². The molecule has 13 heteroatoms. The van der Waals surface area contributed by atoms with Gasteiger partial charge in [0.25, 0.3) is 0 Å². The van der Waals surface area contributed by atoms with E-state index in [9.17, 15) is 14.7 Å². The molecular weight excluding hydrogens is 746 g/mol. The molecule has 0 saturated heterocycles. The van der Waals surface area contributed by atoms with Crippen molar-refractivity contribution in [3.05, 3.63) is 59.9 Å². The topological polar surface area (TPSA) is 140 Å². The van der Waals surface area contributed by atoms with Crippen LogP contribution < -0.4 is 30.3 Å². The Morgan fingerprint density at radius 1 is 1.18 bits per heavy atom. The fraction of sp³-hybridized carbons (Fsp3) is 0.370. The van der Waals surface area contributed by atoms with Crippen LogP contribution in [0.15, 0.2) is 46.7 Å². The summed E-state index contributed by atoms with van der Waals surface area (Å²) in [5.74, 6) is 1.03. The Morgan fingerprint density at radius 2 is 1.88 bits per heavy atom. The molecule has 2 amide bonds. The second kappa shape index (κ2) is 14.7. The summed E-state index contributed by atoms with van der Waals surface area (Å²) in [6.07, 6.45) is 0.573. The lowest BCUT2D eigenvalue weighted by atomic mass is 9.95. The number of hydrogen-bond donors (Lipinski definition) is 4. The molecule has 216 valence electrons. The van der Waals surface area contributed by atoms with E-state index in [-0.39, 0.29) is 18.3 Å². The lowest BCUT2D eigenvalue weighted by Crippen LogP contribution is -2.45. The van der Waals surface area contributed by atoms with Gasteiger partial charge in [-0.2, -0.15) is 5.10 Å². The smallest absolute Gasteiger partial charge is 0.337 e. The number of ether oxygens (including phenoxy) is 4. The first kappa shape index (κ1) is 31.7. The number of urea groups is 1. The van der Waals surface area contributed by atoms with E-state index in [2.05, 4.69) is 66.3 Å². The first-order valence-corrected chi connectivity index (χ1v) is 14.6. The number of carbonyl (C=O) groups excluding carboxylic acids is 2. The summed E-state index contributed by atoms with van der Waals surface area (Å²) in [4.78, 5) is 24.5.